The highest BCUT2D eigenvalue weighted by molar-refractivity contribution is 5.85. The van der Waals surface area contributed by atoms with E-state index in [9.17, 15) is 4.79 Å². The van der Waals surface area contributed by atoms with Gasteiger partial charge in [-0.15, -0.1) is 0 Å². The number of fused-ring (bicyclic) bond motifs is 2. The Bertz CT molecular complexity index is 556. The van der Waals surface area contributed by atoms with E-state index in [1.165, 1.54) is 18.4 Å². The quantitative estimate of drug-likeness (QED) is 0.920. The summed E-state index contributed by atoms with van der Waals surface area (Å²) in [7, 11) is 1.82. The molecule has 1 aliphatic carbocycles. The molecular formula is C19H26N2O2. The Morgan fingerprint density at radius 3 is 2.39 bits per heavy atom. The molecule has 2 heterocycles. The fourth-order valence-corrected chi connectivity index (χ4v) is 4.82. The zero-order valence-corrected chi connectivity index (χ0v) is 13.8. The van der Waals surface area contributed by atoms with Crippen molar-refractivity contribution in [2.45, 2.75) is 25.4 Å². The maximum absolute atomic E-state index is 13.3. The maximum atomic E-state index is 13.3. The lowest BCUT2D eigenvalue weighted by Crippen LogP contribution is -2.65. The van der Waals surface area contributed by atoms with Gasteiger partial charge in [-0.2, -0.15) is 0 Å². The predicted octanol–water partition coefficient (Wildman–Crippen LogP) is 1.70. The van der Waals surface area contributed by atoms with Crippen molar-refractivity contribution in [1.82, 2.24) is 10.2 Å². The Balaban J connectivity index is 1.49. The summed E-state index contributed by atoms with van der Waals surface area (Å²) in [5, 5.41) is 3.33. The van der Waals surface area contributed by atoms with Gasteiger partial charge < -0.3 is 15.0 Å². The highest BCUT2D eigenvalue weighted by Crippen LogP contribution is 2.41. The van der Waals surface area contributed by atoms with E-state index in [0.717, 1.165) is 32.6 Å². The largest absolute Gasteiger partial charge is 0.381 e. The lowest BCUT2D eigenvalue weighted by atomic mass is 9.74. The monoisotopic (exact) mass is 314 g/mol. The standard InChI is InChI=1S/C19H26N2O2/c1-23-17-15-7-8-16(17)11-21(10-15)18(22)19(12-20-13-19)9-14-5-3-2-4-6-14/h2-6,15-17,20H,7-13H2,1H3/t15-,16+,17?. The molecule has 0 spiro atoms. The zero-order chi connectivity index (χ0) is 15.9. The maximum Gasteiger partial charge on any atom is 0.231 e. The number of carbonyl (C=O) groups excluding carboxylic acids is 1. The van der Waals surface area contributed by atoms with Crippen molar-refractivity contribution in [3.8, 4) is 0 Å². The second-order valence-corrected chi connectivity index (χ2v) is 7.55. The molecule has 4 heteroatoms. The third-order valence-electron chi connectivity index (χ3n) is 6.07. The van der Waals surface area contributed by atoms with Gasteiger partial charge in [0, 0.05) is 45.1 Å². The number of hydrogen-bond donors (Lipinski definition) is 1. The first-order valence-electron chi connectivity index (χ1n) is 8.79. The zero-order valence-electron chi connectivity index (χ0n) is 13.8. The molecule has 0 radical (unpaired) electrons. The van der Waals surface area contributed by atoms with Crippen molar-refractivity contribution in [2.24, 2.45) is 17.3 Å². The summed E-state index contributed by atoms with van der Waals surface area (Å²) in [5.41, 5.74) is 1.03. The molecule has 3 atom stereocenters. The lowest BCUT2D eigenvalue weighted by molar-refractivity contribution is -0.150. The van der Waals surface area contributed by atoms with Crippen LogP contribution in [0.4, 0.5) is 0 Å². The number of nitrogens with zero attached hydrogens (tertiary/aromatic N) is 1. The molecule has 1 unspecified atom stereocenters. The first-order chi connectivity index (χ1) is 11.2. The number of rotatable bonds is 4. The van der Waals surface area contributed by atoms with E-state index in [-0.39, 0.29) is 5.41 Å². The molecule has 124 valence electrons. The van der Waals surface area contributed by atoms with Crippen LogP contribution in [-0.4, -0.2) is 50.2 Å². The van der Waals surface area contributed by atoms with Gasteiger partial charge in [-0.25, -0.2) is 0 Å². The Kier molecular flexibility index (Phi) is 3.90. The molecule has 3 fully saturated rings. The van der Waals surface area contributed by atoms with Crippen molar-refractivity contribution < 1.29 is 9.53 Å². The first-order valence-corrected chi connectivity index (χ1v) is 8.79. The Morgan fingerprint density at radius 1 is 1.22 bits per heavy atom. The first kappa shape index (κ1) is 15.2. The number of hydrogen-bond acceptors (Lipinski definition) is 3. The van der Waals surface area contributed by atoms with Crippen LogP contribution in [0.5, 0.6) is 0 Å². The van der Waals surface area contributed by atoms with Gasteiger partial charge in [0.25, 0.3) is 0 Å². The molecule has 2 saturated heterocycles. The van der Waals surface area contributed by atoms with E-state index in [4.69, 9.17) is 4.74 Å². The molecule has 23 heavy (non-hydrogen) atoms. The van der Waals surface area contributed by atoms with E-state index in [0.29, 0.717) is 23.8 Å². The summed E-state index contributed by atoms with van der Waals surface area (Å²) in [6.45, 7) is 3.37. The van der Waals surface area contributed by atoms with E-state index >= 15 is 0 Å². The molecule has 4 nitrogen and oxygen atoms in total. The fraction of sp³-hybridized carbons (Fsp3) is 0.632. The second-order valence-electron chi connectivity index (χ2n) is 7.55. The van der Waals surface area contributed by atoms with Crippen molar-refractivity contribution in [1.29, 1.82) is 0 Å². The summed E-state index contributed by atoms with van der Waals surface area (Å²) >= 11 is 0. The number of likely N-dealkylation sites (tertiary alicyclic amines) is 1. The summed E-state index contributed by atoms with van der Waals surface area (Å²) < 4.78 is 5.68. The average molecular weight is 314 g/mol. The summed E-state index contributed by atoms with van der Waals surface area (Å²) in [4.78, 5) is 15.4. The van der Waals surface area contributed by atoms with Crippen LogP contribution in [-0.2, 0) is 16.0 Å². The van der Waals surface area contributed by atoms with E-state index < -0.39 is 0 Å². The number of carbonyl (C=O) groups is 1. The third kappa shape index (κ3) is 2.58. The highest BCUT2D eigenvalue weighted by atomic mass is 16.5. The van der Waals surface area contributed by atoms with Gasteiger partial charge in [0.15, 0.2) is 0 Å². The lowest BCUT2D eigenvalue weighted by Gasteiger charge is -2.47. The van der Waals surface area contributed by atoms with Crippen molar-refractivity contribution >= 4 is 5.91 Å². The van der Waals surface area contributed by atoms with Crippen molar-refractivity contribution in [2.75, 3.05) is 33.3 Å². The van der Waals surface area contributed by atoms with Crippen LogP contribution in [0.1, 0.15) is 18.4 Å². The molecule has 1 N–H and O–H groups in total. The van der Waals surface area contributed by atoms with Crippen LogP contribution in [0.3, 0.4) is 0 Å². The summed E-state index contributed by atoms with van der Waals surface area (Å²) in [5.74, 6) is 1.42. The Morgan fingerprint density at radius 2 is 1.87 bits per heavy atom. The molecule has 3 aliphatic rings. The van der Waals surface area contributed by atoms with Crippen LogP contribution < -0.4 is 5.32 Å². The minimum absolute atomic E-state index is 0.235. The smallest absolute Gasteiger partial charge is 0.231 e. The number of methoxy groups -OCH3 is 1. The third-order valence-corrected chi connectivity index (χ3v) is 6.07. The molecular weight excluding hydrogens is 288 g/mol. The van der Waals surface area contributed by atoms with Crippen LogP contribution in [0.2, 0.25) is 0 Å². The van der Waals surface area contributed by atoms with Gasteiger partial charge >= 0.3 is 0 Å². The number of benzene rings is 1. The van der Waals surface area contributed by atoms with Gasteiger partial charge in [-0.1, -0.05) is 30.3 Å². The predicted molar refractivity (Wildman–Crippen MR) is 89.0 cm³/mol. The Labute approximate surface area is 138 Å². The molecule has 0 aromatic heterocycles. The minimum atomic E-state index is -0.235. The summed E-state index contributed by atoms with van der Waals surface area (Å²) in [6.07, 6.45) is 3.62. The van der Waals surface area contributed by atoms with Gasteiger partial charge in [-0.05, 0) is 24.8 Å². The molecule has 2 aliphatic heterocycles. The second kappa shape index (κ2) is 5.91. The number of ether oxygens (including phenoxy) is 1. The normalized spacial score (nSPS) is 31.7. The van der Waals surface area contributed by atoms with Gasteiger partial charge in [0.05, 0.1) is 11.5 Å². The SMILES string of the molecule is COC1[C@@H]2CC[C@H]1CN(C(=O)C1(Cc3ccccc3)CNC1)C2. The van der Waals surface area contributed by atoms with Gasteiger partial charge in [0.1, 0.15) is 0 Å². The highest BCUT2D eigenvalue weighted by Gasteiger charge is 2.50. The van der Waals surface area contributed by atoms with Crippen LogP contribution in [0, 0.1) is 17.3 Å². The molecule has 2 bridgehead atoms. The summed E-state index contributed by atoms with van der Waals surface area (Å²) in [6, 6.07) is 10.4. The molecule has 1 aromatic carbocycles. The number of piperidine rings is 1. The van der Waals surface area contributed by atoms with Crippen LogP contribution >= 0.6 is 0 Å². The van der Waals surface area contributed by atoms with E-state index in [2.05, 4.69) is 34.5 Å². The topological polar surface area (TPSA) is 41.6 Å². The Hall–Kier alpha value is -1.39. The minimum Gasteiger partial charge on any atom is -0.381 e. The average Bonchev–Trinajstić information content (AvgIpc) is 2.79. The van der Waals surface area contributed by atoms with Crippen LogP contribution in [0.25, 0.3) is 0 Å². The molecule has 1 amide bonds. The van der Waals surface area contributed by atoms with Gasteiger partial charge in [0.2, 0.25) is 5.91 Å². The van der Waals surface area contributed by atoms with Crippen molar-refractivity contribution in [3.05, 3.63) is 35.9 Å². The van der Waals surface area contributed by atoms with E-state index in [1.54, 1.807) is 0 Å². The van der Waals surface area contributed by atoms with E-state index in [1.807, 2.05) is 13.2 Å². The molecule has 1 aromatic rings. The number of amides is 1. The van der Waals surface area contributed by atoms with Crippen LogP contribution in [0.15, 0.2) is 30.3 Å². The van der Waals surface area contributed by atoms with Crippen molar-refractivity contribution in [3.63, 3.8) is 0 Å². The molecule has 4 rings (SSSR count). The fourth-order valence-electron chi connectivity index (χ4n) is 4.82. The number of nitrogens with one attached hydrogen (secondary N) is 1. The molecule has 1 saturated carbocycles. The van der Waals surface area contributed by atoms with Gasteiger partial charge in [-0.3, -0.25) is 4.79 Å².